The van der Waals surface area contributed by atoms with Crippen molar-refractivity contribution in [3.05, 3.63) is 16.6 Å². The number of nitrogens with one attached hydrogen (secondary N) is 2. The molecule has 0 aliphatic heterocycles. The van der Waals surface area contributed by atoms with Crippen molar-refractivity contribution in [1.29, 1.82) is 0 Å². The minimum Gasteiger partial charge on any atom is -0.480 e. The third kappa shape index (κ3) is 4.50. The zero-order chi connectivity index (χ0) is 15.3. The molecule has 0 radical (unpaired) electrons. The molecule has 0 bridgehead atoms. The zero-order valence-corrected chi connectivity index (χ0v) is 11.9. The molecule has 5 N–H and O–H groups in total. The fraction of sp³-hybridized carbons (Fsp3) is 0.455. The summed E-state index contributed by atoms with van der Waals surface area (Å²) in [7, 11) is 0. The Hall–Kier alpha value is -2.16. The molecule has 1 aromatic rings. The van der Waals surface area contributed by atoms with E-state index in [0.29, 0.717) is 5.01 Å². The summed E-state index contributed by atoms with van der Waals surface area (Å²) >= 11 is 1.36. The van der Waals surface area contributed by atoms with Gasteiger partial charge in [0.05, 0.1) is 12.0 Å². The fourth-order valence-electron chi connectivity index (χ4n) is 1.47. The van der Waals surface area contributed by atoms with Crippen LogP contribution in [0, 0.1) is 0 Å². The maximum atomic E-state index is 11.8. The highest BCUT2D eigenvalue weighted by atomic mass is 32.1. The van der Waals surface area contributed by atoms with Gasteiger partial charge in [-0.05, 0) is 13.8 Å². The van der Waals surface area contributed by atoms with Crippen molar-refractivity contribution in [2.45, 2.75) is 31.8 Å². The molecule has 0 aliphatic carbocycles. The van der Waals surface area contributed by atoms with Crippen molar-refractivity contribution >= 4 is 29.2 Å². The maximum Gasteiger partial charge on any atom is 0.326 e. The predicted molar refractivity (Wildman–Crippen MR) is 72.0 cm³/mol. The third-order valence-corrected chi connectivity index (χ3v) is 3.50. The van der Waals surface area contributed by atoms with Gasteiger partial charge in [0.1, 0.15) is 11.0 Å². The minimum atomic E-state index is -1.36. The van der Waals surface area contributed by atoms with Crippen molar-refractivity contribution in [1.82, 2.24) is 15.6 Å². The molecule has 0 saturated carbocycles. The molecule has 0 unspecified atom stereocenters. The average molecular weight is 300 g/mol. The minimum absolute atomic E-state index is 0.472. The Morgan fingerprint density at radius 2 is 2.15 bits per heavy atom. The largest absolute Gasteiger partial charge is 0.480 e. The van der Waals surface area contributed by atoms with E-state index >= 15 is 0 Å². The van der Waals surface area contributed by atoms with Crippen LogP contribution in [-0.4, -0.2) is 34.0 Å². The van der Waals surface area contributed by atoms with Crippen LogP contribution in [0.2, 0.25) is 0 Å². The van der Waals surface area contributed by atoms with Crippen molar-refractivity contribution in [2.75, 3.05) is 0 Å². The predicted octanol–water partition coefficient (Wildman–Crippen LogP) is 0.00600. The Morgan fingerprint density at radius 1 is 1.50 bits per heavy atom. The first-order valence-corrected chi connectivity index (χ1v) is 6.60. The van der Waals surface area contributed by atoms with Crippen LogP contribution in [-0.2, 0) is 15.1 Å². The van der Waals surface area contributed by atoms with Gasteiger partial charge in [-0.15, -0.1) is 11.3 Å². The Morgan fingerprint density at radius 3 is 2.60 bits per heavy atom. The number of primary amides is 1. The van der Waals surface area contributed by atoms with E-state index in [1.165, 1.54) is 11.3 Å². The number of carbonyl (C=O) groups excluding carboxylic acids is 2. The molecule has 110 valence electrons. The summed E-state index contributed by atoms with van der Waals surface area (Å²) < 4.78 is 0. The molecule has 0 aliphatic rings. The Bertz CT molecular complexity index is 501. The highest BCUT2D eigenvalue weighted by Gasteiger charge is 2.28. The number of thiazole rings is 1. The van der Waals surface area contributed by atoms with Gasteiger partial charge in [0.25, 0.3) is 0 Å². The van der Waals surface area contributed by atoms with Gasteiger partial charge in [-0.3, -0.25) is 4.79 Å². The molecule has 8 nitrogen and oxygen atoms in total. The summed E-state index contributed by atoms with van der Waals surface area (Å²) in [5, 5.41) is 16.1. The van der Waals surface area contributed by atoms with Gasteiger partial charge in [-0.2, -0.15) is 0 Å². The van der Waals surface area contributed by atoms with Crippen molar-refractivity contribution in [3.8, 4) is 0 Å². The molecule has 3 amide bonds. The molecular weight excluding hydrogens is 284 g/mol. The van der Waals surface area contributed by atoms with Gasteiger partial charge in [-0.25, -0.2) is 14.6 Å². The Kier molecular flexibility index (Phi) is 5.03. The average Bonchev–Trinajstić information content (AvgIpc) is 2.80. The fourth-order valence-corrected chi connectivity index (χ4v) is 2.18. The van der Waals surface area contributed by atoms with E-state index in [-0.39, 0.29) is 0 Å². The van der Waals surface area contributed by atoms with E-state index in [0.717, 1.165) is 0 Å². The van der Waals surface area contributed by atoms with Crippen molar-refractivity contribution < 1.29 is 19.5 Å². The Labute approximate surface area is 119 Å². The van der Waals surface area contributed by atoms with E-state index < -0.39 is 35.9 Å². The number of aliphatic carboxylic acids is 1. The molecule has 0 fully saturated rings. The van der Waals surface area contributed by atoms with Gasteiger partial charge in [0.2, 0.25) is 5.91 Å². The number of carbonyl (C=O) groups is 3. The van der Waals surface area contributed by atoms with Crippen LogP contribution in [0.4, 0.5) is 4.79 Å². The normalized spacial score (nSPS) is 12.5. The van der Waals surface area contributed by atoms with Gasteiger partial charge >= 0.3 is 12.0 Å². The zero-order valence-electron chi connectivity index (χ0n) is 11.0. The number of aromatic nitrogens is 1. The SMILES string of the molecule is CC(C)(NC(=O)N[C@@H](CC(N)=O)C(=O)O)c1nccs1. The second kappa shape index (κ2) is 6.33. The van der Waals surface area contributed by atoms with Crippen LogP contribution < -0.4 is 16.4 Å². The van der Waals surface area contributed by atoms with Crippen molar-refractivity contribution in [3.63, 3.8) is 0 Å². The number of urea groups is 1. The summed E-state index contributed by atoms with van der Waals surface area (Å²) in [5.41, 5.74) is 4.17. The van der Waals surface area contributed by atoms with Crippen LogP contribution in [0.25, 0.3) is 0 Å². The molecule has 1 atom stereocenters. The number of nitrogens with two attached hydrogens (primary N) is 1. The second-order valence-corrected chi connectivity index (χ2v) is 5.52. The molecular formula is C11H16N4O4S. The van der Waals surface area contributed by atoms with Gasteiger partial charge in [0, 0.05) is 11.6 Å². The first kappa shape index (κ1) is 15.9. The van der Waals surface area contributed by atoms with Crippen LogP contribution in [0.1, 0.15) is 25.3 Å². The van der Waals surface area contributed by atoms with Gasteiger partial charge in [0.15, 0.2) is 0 Å². The number of carboxylic acids is 1. The van der Waals surface area contributed by atoms with E-state index in [1.807, 2.05) is 0 Å². The number of hydrogen-bond donors (Lipinski definition) is 4. The topological polar surface area (TPSA) is 134 Å². The molecule has 9 heteroatoms. The molecule has 20 heavy (non-hydrogen) atoms. The molecule has 1 heterocycles. The van der Waals surface area contributed by atoms with Crippen LogP contribution in [0.3, 0.4) is 0 Å². The lowest BCUT2D eigenvalue weighted by Gasteiger charge is -2.25. The van der Waals surface area contributed by atoms with E-state index in [9.17, 15) is 14.4 Å². The summed E-state index contributed by atoms with van der Waals surface area (Å²) in [6.45, 7) is 3.46. The number of carboxylic acid groups (broad SMARTS) is 1. The highest BCUT2D eigenvalue weighted by molar-refractivity contribution is 7.09. The van der Waals surface area contributed by atoms with Gasteiger partial charge < -0.3 is 21.5 Å². The van der Waals surface area contributed by atoms with Crippen LogP contribution in [0.15, 0.2) is 11.6 Å². The number of rotatable bonds is 6. The lowest BCUT2D eigenvalue weighted by atomic mass is 10.1. The molecule has 1 rings (SSSR count). The first-order chi connectivity index (χ1) is 9.22. The first-order valence-electron chi connectivity index (χ1n) is 5.72. The van der Waals surface area contributed by atoms with E-state index in [4.69, 9.17) is 10.8 Å². The standard InChI is InChI=1S/C11H16N4O4S/c1-11(2,9-13-3-4-20-9)15-10(19)14-6(8(17)18)5-7(12)16/h3-4,6H,5H2,1-2H3,(H2,12,16)(H,17,18)(H2,14,15,19)/t6-/m0/s1. The third-order valence-electron chi connectivity index (χ3n) is 2.40. The molecule has 1 aromatic heterocycles. The smallest absolute Gasteiger partial charge is 0.326 e. The highest BCUT2D eigenvalue weighted by Crippen LogP contribution is 2.21. The lowest BCUT2D eigenvalue weighted by Crippen LogP contribution is -2.52. The maximum absolute atomic E-state index is 11.8. The quantitative estimate of drug-likeness (QED) is 0.587. The summed E-state index contributed by atoms with van der Waals surface area (Å²) in [5.74, 6) is -2.14. The van der Waals surface area contributed by atoms with Crippen molar-refractivity contribution in [2.24, 2.45) is 5.73 Å². The molecule has 0 aromatic carbocycles. The van der Waals surface area contributed by atoms with Gasteiger partial charge in [-0.1, -0.05) is 0 Å². The number of nitrogens with zero attached hydrogens (tertiary/aromatic N) is 1. The number of hydrogen-bond acceptors (Lipinski definition) is 5. The summed E-state index contributed by atoms with van der Waals surface area (Å²) in [4.78, 5) is 37.5. The van der Waals surface area contributed by atoms with Crippen LogP contribution in [0.5, 0.6) is 0 Å². The lowest BCUT2D eigenvalue weighted by molar-refractivity contribution is -0.140. The Balaban J connectivity index is 2.66. The monoisotopic (exact) mass is 300 g/mol. The second-order valence-electron chi connectivity index (χ2n) is 4.62. The van der Waals surface area contributed by atoms with E-state index in [2.05, 4.69) is 15.6 Å². The van der Waals surface area contributed by atoms with Crippen LogP contribution >= 0.6 is 11.3 Å². The summed E-state index contributed by atoms with van der Waals surface area (Å²) in [6, 6.07) is -2.07. The number of amides is 3. The van der Waals surface area contributed by atoms with E-state index in [1.54, 1.807) is 25.4 Å². The molecule has 0 saturated heterocycles. The molecule has 0 spiro atoms. The summed E-state index contributed by atoms with van der Waals surface area (Å²) in [6.07, 6.45) is 1.13.